The quantitative estimate of drug-likeness (QED) is 0.580. The molecule has 2 amide bonds. The van der Waals surface area contributed by atoms with E-state index in [4.69, 9.17) is 10.8 Å². The highest BCUT2D eigenvalue weighted by Gasteiger charge is 2.07. The maximum absolute atomic E-state index is 10.9. The summed E-state index contributed by atoms with van der Waals surface area (Å²) >= 11 is 0. The molecule has 6 nitrogen and oxygen atoms in total. The second-order valence-corrected chi connectivity index (χ2v) is 4.58. The van der Waals surface area contributed by atoms with E-state index in [9.17, 15) is 9.59 Å². The van der Waals surface area contributed by atoms with Crippen LogP contribution in [0.25, 0.3) is 11.1 Å². The van der Waals surface area contributed by atoms with Crippen molar-refractivity contribution < 1.29 is 14.7 Å². The van der Waals surface area contributed by atoms with E-state index >= 15 is 0 Å². The van der Waals surface area contributed by atoms with Gasteiger partial charge in [0.15, 0.2) is 0 Å². The molecule has 0 aliphatic rings. The monoisotopic (exact) mass is 297 g/mol. The van der Waals surface area contributed by atoms with Gasteiger partial charge in [-0.05, 0) is 22.3 Å². The third-order valence-corrected chi connectivity index (χ3v) is 2.97. The zero-order valence-corrected chi connectivity index (χ0v) is 11.7. The molecule has 0 spiro atoms. The van der Waals surface area contributed by atoms with Crippen LogP contribution in [-0.2, 0) is 11.2 Å². The van der Waals surface area contributed by atoms with E-state index in [1.807, 2.05) is 42.5 Å². The van der Waals surface area contributed by atoms with E-state index in [-0.39, 0.29) is 6.42 Å². The van der Waals surface area contributed by atoms with E-state index in [2.05, 4.69) is 10.5 Å². The van der Waals surface area contributed by atoms with Gasteiger partial charge in [-0.1, -0.05) is 48.5 Å². The van der Waals surface area contributed by atoms with E-state index in [1.54, 1.807) is 6.07 Å². The first-order valence-electron chi connectivity index (χ1n) is 6.55. The van der Waals surface area contributed by atoms with Crippen LogP contribution in [0.3, 0.4) is 0 Å². The van der Waals surface area contributed by atoms with Crippen LogP contribution >= 0.6 is 0 Å². The highest BCUT2D eigenvalue weighted by Crippen LogP contribution is 2.24. The SMILES string of the molecule is NC(=O)NN=Cc1ccc(-c2ccccc2CC(=O)O)cc1. The fourth-order valence-corrected chi connectivity index (χ4v) is 2.04. The number of urea groups is 1. The number of carboxylic acid groups (broad SMARTS) is 1. The number of nitrogens with one attached hydrogen (secondary N) is 1. The van der Waals surface area contributed by atoms with Gasteiger partial charge in [0.05, 0.1) is 12.6 Å². The predicted octanol–water partition coefficient (Wildman–Crippen LogP) is 1.98. The number of carbonyl (C=O) groups is 2. The molecule has 0 atom stereocenters. The van der Waals surface area contributed by atoms with Crippen molar-refractivity contribution in [3.63, 3.8) is 0 Å². The lowest BCUT2D eigenvalue weighted by atomic mass is 9.97. The van der Waals surface area contributed by atoms with Crippen molar-refractivity contribution >= 4 is 18.2 Å². The number of carboxylic acids is 1. The molecule has 2 aromatic carbocycles. The molecule has 4 N–H and O–H groups in total. The molecule has 0 fully saturated rings. The Kier molecular flexibility index (Phi) is 4.87. The summed E-state index contributed by atoms with van der Waals surface area (Å²) < 4.78 is 0. The average molecular weight is 297 g/mol. The number of nitrogens with zero attached hydrogens (tertiary/aromatic N) is 1. The van der Waals surface area contributed by atoms with Gasteiger partial charge in [-0.25, -0.2) is 10.2 Å². The van der Waals surface area contributed by atoms with Gasteiger partial charge in [0.2, 0.25) is 0 Å². The molecule has 2 aromatic rings. The van der Waals surface area contributed by atoms with Gasteiger partial charge >= 0.3 is 12.0 Å². The summed E-state index contributed by atoms with van der Waals surface area (Å²) in [6.07, 6.45) is 1.44. The number of hydrogen-bond acceptors (Lipinski definition) is 3. The number of aliphatic carboxylic acids is 1. The third-order valence-electron chi connectivity index (χ3n) is 2.97. The summed E-state index contributed by atoms with van der Waals surface area (Å²) in [6, 6.07) is 14.0. The molecule has 0 aliphatic carbocycles. The van der Waals surface area contributed by atoms with Crippen LogP contribution in [0, 0.1) is 0 Å². The van der Waals surface area contributed by atoms with E-state index in [0.29, 0.717) is 0 Å². The number of carbonyl (C=O) groups excluding carboxylic acids is 1. The molecule has 2 rings (SSSR count). The second-order valence-electron chi connectivity index (χ2n) is 4.58. The smallest absolute Gasteiger partial charge is 0.332 e. The molecule has 112 valence electrons. The number of primary amides is 1. The molecular weight excluding hydrogens is 282 g/mol. The maximum Gasteiger partial charge on any atom is 0.332 e. The van der Waals surface area contributed by atoms with Crippen LogP contribution in [0.15, 0.2) is 53.6 Å². The van der Waals surface area contributed by atoms with Gasteiger partial charge in [0.1, 0.15) is 0 Å². The number of amides is 2. The van der Waals surface area contributed by atoms with Crippen LogP contribution in [-0.4, -0.2) is 23.3 Å². The molecular formula is C16H15N3O3. The van der Waals surface area contributed by atoms with Crippen LogP contribution in [0.4, 0.5) is 4.79 Å². The fraction of sp³-hybridized carbons (Fsp3) is 0.0625. The van der Waals surface area contributed by atoms with Gasteiger partial charge in [0, 0.05) is 0 Å². The molecule has 0 unspecified atom stereocenters. The van der Waals surface area contributed by atoms with Crippen molar-refractivity contribution in [2.24, 2.45) is 10.8 Å². The van der Waals surface area contributed by atoms with Gasteiger partial charge in [-0.3, -0.25) is 4.79 Å². The molecule has 0 aromatic heterocycles. The minimum Gasteiger partial charge on any atom is -0.481 e. The lowest BCUT2D eigenvalue weighted by molar-refractivity contribution is -0.136. The van der Waals surface area contributed by atoms with Crippen molar-refractivity contribution in [1.29, 1.82) is 0 Å². The Morgan fingerprint density at radius 1 is 1.14 bits per heavy atom. The van der Waals surface area contributed by atoms with Gasteiger partial charge in [-0.15, -0.1) is 0 Å². The van der Waals surface area contributed by atoms with Crippen molar-refractivity contribution in [3.05, 3.63) is 59.7 Å². The van der Waals surface area contributed by atoms with Gasteiger partial charge in [0.25, 0.3) is 0 Å². The standard InChI is InChI=1S/C16H15N3O3/c17-16(22)19-18-10-11-5-7-12(8-6-11)14-4-2-1-3-13(14)9-15(20)21/h1-8,10H,9H2,(H,20,21)(H3,17,19,22). The molecule has 6 heteroatoms. The summed E-state index contributed by atoms with van der Waals surface area (Å²) in [5.41, 5.74) is 10.3. The molecule has 0 heterocycles. The molecule has 0 saturated carbocycles. The Morgan fingerprint density at radius 2 is 1.82 bits per heavy atom. The number of rotatable bonds is 5. The number of benzene rings is 2. The first kappa shape index (κ1) is 15.2. The number of nitrogens with two attached hydrogens (primary N) is 1. The Hall–Kier alpha value is -3.15. The maximum atomic E-state index is 10.9. The Labute approximate surface area is 127 Å². The van der Waals surface area contributed by atoms with E-state index < -0.39 is 12.0 Å². The largest absolute Gasteiger partial charge is 0.481 e. The molecule has 0 aliphatic heterocycles. The van der Waals surface area contributed by atoms with Crippen LogP contribution < -0.4 is 11.2 Å². The zero-order chi connectivity index (χ0) is 15.9. The van der Waals surface area contributed by atoms with Crippen molar-refractivity contribution in [1.82, 2.24) is 5.43 Å². The lowest BCUT2D eigenvalue weighted by Gasteiger charge is -2.08. The zero-order valence-electron chi connectivity index (χ0n) is 11.7. The van der Waals surface area contributed by atoms with Crippen molar-refractivity contribution in [2.75, 3.05) is 0 Å². The molecule has 22 heavy (non-hydrogen) atoms. The van der Waals surface area contributed by atoms with Crippen LogP contribution in [0.2, 0.25) is 0 Å². The fourth-order valence-electron chi connectivity index (χ4n) is 2.04. The number of hydrazone groups is 1. The van der Waals surface area contributed by atoms with E-state index in [0.717, 1.165) is 22.3 Å². The second kappa shape index (κ2) is 7.03. The highest BCUT2D eigenvalue weighted by molar-refractivity contribution is 5.83. The molecule has 0 bridgehead atoms. The summed E-state index contributed by atoms with van der Waals surface area (Å²) in [6.45, 7) is 0. The Balaban J connectivity index is 2.22. The van der Waals surface area contributed by atoms with E-state index in [1.165, 1.54) is 6.21 Å². The summed E-state index contributed by atoms with van der Waals surface area (Å²) in [7, 11) is 0. The Bertz CT molecular complexity index is 709. The molecule has 0 radical (unpaired) electrons. The predicted molar refractivity (Wildman–Crippen MR) is 83.5 cm³/mol. The van der Waals surface area contributed by atoms with Gasteiger partial charge < -0.3 is 10.8 Å². The minimum atomic E-state index is -0.867. The normalized spacial score (nSPS) is 10.5. The third kappa shape index (κ3) is 4.17. The van der Waals surface area contributed by atoms with Crippen LogP contribution in [0.1, 0.15) is 11.1 Å². The first-order valence-corrected chi connectivity index (χ1v) is 6.55. The van der Waals surface area contributed by atoms with Crippen molar-refractivity contribution in [2.45, 2.75) is 6.42 Å². The van der Waals surface area contributed by atoms with Gasteiger partial charge in [-0.2, -0.15) is 5.10 Å². The summed E-state index contributed by atoms with van der Waals surface area (Å²) in [5, 5.41) is 12.6. The van der Waals surface area contributed by atoms with Crippen molar-refractivity contribution in [3.8, 4) is 11.1 Å². The number of hydrogen-bond donors (Lipinski definition) is 3. The Morgan fingerprint density at radius 3 is 2.45 bits per heavy atom. The average Bonchev–Trinajstić information content (AvgIpc) is 2.48. The summed E-state index contributed by atoms with van der Waals surface area (Å²) in [5.74, 6) is -0.867. The highest BCUT2D eigenvalue weighted by atomic mass is 16.4. The molecule has 0 saturated heterocycles. The topological polar surface area (TPSA) is 105 Å². The van der Waals surface area contributed by atoms with Crippen LogP contribution in [0.5, 0.6) is 0 Å². The minimum absolute atomic E-state index is 0.0259. The summed E-state index contributed by atoms with van der Waals surface area (Å²) in [4.78, 5) is 21.4. The lowest BCUT2D eigenvalue weighted by Crippen LogP contribution is -2.24. The first-order chi connectivity index (χ1) is 10.6.